The lowest BCUT2D eigenvalue weighted by Gasteiger charge is -2.40. The van der Waals surface area contributed by atoms with E-state index >= 15 is 0 Å². The summed E-state index contributed by atoms with van der Waals surface area (Å²) in [4.78, 5) is 0.138. The van der Waals surface area contributed by atoms with Gasteiger partial charge in [-0.25, -0.2) is 0 Å². The van der Waals surface area contributed by atoms with Crippen LogP contribution in [0, 0.1) is 5.92 Å². The molecule has 2 saturated carbocycles. The Morgan fingerprint density at radius 3 is 1.92 bits per heavy atom. The van der Waals surface area contributed by atoms with E-state index in [0.717, 1.165) is 0 Å². The largest absolute Gasteiger partial charge is 0.119 e. The van der Waals surface area contributed by atoms with Gasteiger partial charge in [-0.1, -0.05) is 38.5 Å². The molecule has 0 saturated heterocycles. The highest BCUT2D eigenvalue weighted by atomic mass is 35.5. The summed E-state index contributed by atoms with van der Waals surface area (Å²) in [5.74, 6) is 1.69. The summed E-state index contributed by atoms with van der Waals surface area (Å²) < 4.78 is 0. The Morgan fingerprint density at radius 2 is 1.31 bits per heavy atom. The zero-order valence-electron chi connectivity index (χ0n) is 8.45. The molecular formula is C12H20Cl. The monoisotopic (exact) mass is 199 g/mol. The van der Waals surface area contributed by atoms with E-state index in [2.05, 4.69) is 0 Å². The first-order valence-electron chi connectivity index (χ1n) is 5.85. The minimum atomic E-state index is 0.138. The van der Waals surface area contributed by atoms with E-state index in [4.69, 9.17) is 11.6 Å². The average molecular weight is 200 g/mol. The van der Waals surface area contributed by atoms with Gasteiger partial charge in [0.15, 0.2) is 0 Å². The van der Waals surface area contributed by atoms with Gasteiger partial charge in [0.05, 0.1) is 4.87 Å². The van der Waals surface area contributed by atoms with Crippen molar-refractivity contribution in [2.24, 2.45) is 0 Å². The topological polar surface area (TPSA) is 0 Å². The van der Waals surface area contributed by atoms with Crippen molar-refractivity contribution in [3.8, 4) is 0 Å². The summed E-state index contributed by atoms with van der Waals surface area (Å²) in [6.45, 7) is 0. The molecule has 0 nitrogen and oxygen atoms in total. The van der Waals surface area contributed by atoms with Crippen LogP contribution in [0.3, 0.4) is 0 Å². The van der Waals surface area contributed by atoms with Crippen molar-refractivity contribution < 1.29 is 0 Å². The highest BCUT2D eigenvalue weighted by molar-refractivity contribution is 6.25. The zero-order valence-corrected chi connectivity index (χ0v) is 9.20. The van der Waals surface area contributed by atoms with Crippen molar-refractivity contribution in [1.29, 1.82) is 0 Å². The number of hydrogen-bond donors (Lipinski definition) is 0. The van der Waals surface area contributed by atoms with Crippen molar-refractivity contribution in [3.63, 3.8) is 0 Å². The minimum absolute atomic E-state index is 0.138. The van der Waals surface area contributed by atoms with Crippen LogP contribution in [0.2, 0.25) is 0 Å². The van der Waals surface area contributed by atoms with E-state index in [1.807, 2.05) is 0 Å². The summed E-state index contributed by atoms with van der Waals surface area (Å²) in [6.07, 6.45) is 13.5. The van der Waals surface area contributed by atoms with Gasteiger partial charge >= 0.3 is 0 Å². The van der Waals surface area contributed by atoms with E-state index in [0.29, 0.717) is 0 Å². The summed E-state index contributed by atoms with van der Waals surface area (Å²) in [5.41, 5.74) is 0. The maximum Gasteiger partial charge on any atom is 0.0508 e. The number of halogens is 1. The number of rotatable bonds is 1. The second-order valence-corrected chi connectivity index (χ2v) is 5.41. The summed E-state index contributed by atoms with van der Waals surface area (Å²) >= 11 is 6.72. The molecule has 0 spiro atoms. The van der Waals surface area contributed by atoms with E-state index in [1.54, 1.807) is 5.92 Å². The van der Waals surface area contributed by atoms with E-state index < -0.39 is 0 Å². The van der Waals surface area contributed by atoms with Crippen LogP contribution >= 0.6 is 11.6 Å². The number of alkyl halides is 1. The Labute approximate surface area is 87.0 Å². The molecule has 0 unspecified atom stereocenters. The Balaban J connectivity index is 1.94. The van der Waals surface area contributed by atoms with Crippen LogP contribution in [0.5, 0.6) is 0 Å². The van der Waals surface area contributed by atoms with Crippen LogP contribution in [-0.4, -0.2) is 4.87 Å². The highest BCUT2D eigenvalue weighted by Gasteiger charge is 2.38. The first kappa shape index (κ1) is 9.83. The lowest BCUT2D eigenvalue weighted by molar-refractivity contribution is 0.348. The molecule has 0 aromatic heterocycles. The predicted molar refractivity (Wildman–Crippen MR) is 58.0 cm³/mol. The van der Waals surface area contributed by atoms with Crippen LogP contribution < -0.4 is 0 Å². The summed E-state index contributed by atoms with van der Waals surface area (Å²) in [7, 11) is 0. The predicted octanol–water partition coefficient (Wildman–Crippen LogP) is 4.47. The lowest BCUT2D eigenvalue weighted by atomic mass is 9.73. The van der Waals surface area contributed by atoms with Crippen molar-refractivity contribution in [3.05, 3.63) is 5.92 Å². The smallest absolute Gasteiger partial charge is 0.0508 e. The minimum Gasteiger partial charge on any atom is -0.119 e. The van der Waals surface area contributed by atoms with E-state index in [1.165, 1.54) is 64.2 Å². The third-order valence-corrected chi connectivity index (χ3v) is 4.38. The first-order chi connectivity index (χ1) is 6.31. The fourth-order valence-corrected chi connectivity index (χ4v) is 3.35. The van der Waals surface area contributed by atoms with Crippen LogP contribution in [0.15, 0.2) is 0 Å². The maximum absolute atomic E-state index is 6.72. The van der Waals surface area contributed by atoms with E-state index in [9.17, 15) is 0 Å². The Bertz CT molecular complexity index is 153. The maximum atomic E-state index is 6.72. The molecule has 2 rings (SSSR count). The fraction of sp³-hybridized carbons (Fsp3) is 0.917. The summed E-state index contributed by atoms with van der Waals surface area (Å²) in [5, 5.41) is 0. The molecule has 0 bridgehead atoms. The van der Waals surface area contributed by atoms with Gasteiger partial charge in [-0.15, -0.1) is 11.6 Å². The molecule has 2 aliphatic carbocycles. The van der Waals surface area contributed by atoms with Crippen LogP contribution in [0.25, 0.3) is 0 Å². The third-order valence-electron chi connectivity index (χ3n) is 3.74. The summed E-state index contributed by atoms with van der Waals surface area (Å²) in [6, 6.07) is 0. The Hall–Kier alpha value is 0.290. The molecule has 0 aromatic rings. The normalized spacial score (nSPS) is 30.2. The average Bonchev–Trinajstić information content (AvgIpc) is 2.20. The van der Waals surface area contributed by atoms with Crippen molar-refractivity contribution in [2.45, 2.75) is 69.1 Å². The van der Waals surface area contributed by atoms with Crippen LogP contribution in [-0.2, 0) is 0 Å². The van der Waals surface area contributed by atoms with Gasteiger partial charge in [-0.3, -0.25) is 0 Å². The van der Waals surface area contributed by atoms with Crippen molar-refractivity contribution in [1.82, 2.24) is 0 Å². The molecule has 0 amide bonds. The standard InChI is InChI=1S/C12H20Cl/c13-12(9-5-2-6-10-12)11-7-3-1-4-8-11/h1-10H2. The van der Waals surface area contributed by atoms with Crippen LogP contribution in [0.1, 0.15) is 64.2 Å². The molecule has 0 aliphatic heterocycles. The van der Waals surface area contributed by atoms with Gasteiger partial charge < -0.3 is 0 Å². The molecule has 1 radical (unpaired) electrons. The molecule has 0 atom stereocenters. The first-order valence-corrected chi connectivity index (χ1v) is 6.23. The van der Waals surface area contributed by atoms with E-state index in [-0.39, 0.29) is 4.87 Å². The van der Waals surface area contributed by atoms with Gasteiger partial charge in [0.1, 0.15) is 0 Å². The van der Waals surface area contributed by atoms with Gasteiger partial charge in [-0.05, 0) is 31.6 Å². The van der Waals surface area contributed by atoms with Crippen molar-refractivity contribution in [2.75, 3.05) is 0 Å². The Morgan fingerprint density at radius 1 is 0.769 bits per heavy atom. The molecule has 2 fully saturated rings. The number of hydrogen-bond acceptors (Lipinski definition) is 0. The van der Waals surface area contributed by atoms with Crippen molar-refractivity contribution >= 4 is 11.6 Å². The second-order valence-electron chi connectivity index (χ2n) is 4.69. The molecule has 75 valence electrons. The molecule has 0 N–H and O–H groups in total. The molecule has 0 aromatic carbocycles. The fourth-order valence-electron chi connectivity index (χ4n) is 2.89. The molecule has 0 heterocycles. The SMILES string of the molecule is ClC1([C]2CCCCC2)CCCCC1. The lowest BCUT2D eigenvalue weighted by Crippen LogP contribution is -2.33. The quantitative estimate of drug-likeness (QED) is 0.547. The zero-order chi connectivity index (χ0) is 9.15. The highest BCUT2D eigenvalue weighted by Crippen LogP contribution is 2.47. The molecular weight excluding hydrogens is 180 g/mol. The van der Waals surface area contributed by atoms with Gasteiger partial charge in [0.2, 0.25) is 0 Å². The van der Waals surface area contributed by atoms with Gasteiger partial charge in [0, 0.05) is 0 Å². The Kier molecular flexibility index (Phi) is 3.18. The molecule has 1 heteroatoms. The van der Waals surface area contributed by atoms with Gasteiger partial charge in [-0.2, -0.15) is 0 Å². The molecule has 2 aliphatic rings. The van der Waals surface area contributed by atoms with Crippen LogP contribution in [0.4, 0.5) is 0 Å². The van der Waals surface area contributed by atoms with Gasteiger partial charge in [0.25, 0.3) is 0 Å². The second kappa shape index (κ2) is 4.21. The third kappa shape index (κ3) is 2.21. The molecule has 13 heavy (non-hydrogen) atoms.